The molecule has 0 saturated carbocycles. The summed E-state index contributed by atoms with van der Waals surface area (Å²) in [7, 11) is 0. The van der Waals surface area contributed by atoms with Gasteiger partial charge >= 0.3 is 0 Å². The lowest BCUT2D eigenvalue weighted by molar-refractivity contribution is -0.120. The highest BCUT2D eigenvalue weighted by Gasteiger charge is 2.29. The summed E-state index contributed by atoms with van der Waals surface area (Å²) in [6.07, 6.45) is 0.255. The number of halogens is 3. The molecule has 1 aliphatic rings. The van der Waals surface area contributed by atoms with Gasteiger partial charge < -0.3 is 5.32 Å². The Bertz CT molecular complexity index is 939. The summed E-state index contributed by atoms with van der Waals surface area (Å²) in [6, 6.07) is 15.3. The zero-order valence-electron chi connectivity index (χ0n) is 13.4. The predicted molar refractivity (Wildman–Crippen MR) is 110 cm³/mol. The fourth-order valence-corrected chi connectivity index (χ4v) is 4.78. The van der Waals surface area contributed by atoms with Crippen LogP contribution >= 0.6 is 50.9 Å². The molecule has 3 nitrogen and oxygen atoms in total. The molecule has 7 heteroatoms. The van der Waals surface area contributed by atoms with Crippen molar-refractivity contribution in [3.63, 3.8) is 0 Å². The van der Waals surface area contributed by atoms with Crippen molar-refractivity contribution in [2.75, 3.05) is 0 Å². The Kier molecular flexibility index (Phi) is 6.31. The first kappa shape index (κ1) is 19.3. The number of hydrogen-bond donors (Lipinski definition) is 1. The van der Waals surface area contributed by atoms with Gasteiger partial charge in [0.05, 0.1) is 16.7 Å². The Morgan fingerprint density at radius 2 is 2.08 bits per heavy atom. The first-order chi connectivity index (χ1) is 12.5. The average Bonchev–Trinajstić information content (AvgIpc) is 2.60. The zero-order valence-corrected chi connectivity index (χ0v) is 17.3. The van der Waals surface area contributed by atoms with Crippen LogP contribution < -0.4 is 5.32 Å². The second-order valence-corrected chi connectivity index (χ2v) is 8.48. The van der Waals surface area contributed by atoms with Crippen LogP contribution in [0.1, 0.15) is 23.5 Å². The van der Waals surface area contributed by atoms with E-state index in [9.17, 15) is 10.1 Å². The van der Waals surface area contributed by atoms with E-state index in [1.165, 1.54) is 11.8 Å². The van der Waals surface area contributed by atoms with E-state index < -0.39 is 0 Å². The van der Waals surface area contributed by atoms with E-state index in [1.54, 1.807) is 12.1 Å². The second kappa shape index (κ2) is 8.49. The van der Waals surface area contributed by atoms with Crippen molar-refractivity contribution in [3.05, 3.63) is 78.7 Å². The van der Waals surface area contributed by atoms with Gasteiger partial charge in [0.1, 0.15) is 0 Å². The lowest BCUT2D eigenvalue weighted by Crippen LogP contribution is -2.30. The Morgan fingerprint density at radius 3 is 2.77 bits per heavy atom. The molecule has 0 aliphatic carbocycles. The number of amides is 1. The molecule has 26 heavy (non-hydrogen) atoms. The van der Waals surface area contributed by atoms with Gasteiger partial charge in [0.2, 0.25) is 5.91 Å². The smallest absolute Gasteiger partial charge is 0.225 e. The summed E-state index contributed by atoms with van der Waals surface area (Å²) < 4.78 is 0.917. The Morgan fingerprint density at radius 1 is 1.27 bits per heavy atom. The Balaban J connectivity index is 1.90. The van der Waals surface area contributed by atoms with Crippen LogP contribution in [0.25, 0.3) is 0 Å². The molecule has 1 amide bonds. The molecule has 1 N–H and O–H groups in total. The fraction of sp³-hybridized carbons (Fsp3) is 0.158. The molecule has 0 spiro atoms. The van der Waals surface area contributed by atoms with Gasteiger partial charge in [-0.15, -0.1) is 11.8 Å². The van der Waals surface area contributed by atoms with Gasteiger partial charge in [-0.3, -0.25) is 4.79 Å². The van der Waals surface area contributed by atoms with Crippen LogP contribution in [0.15, 0.2) is 57.5 Å². The number of allylic oxidation sites excluding steroid dienone is 1. The van der Waals surface area contributed by atoms with Gasteiger partial charge in [-0.1, -0.05) is 57.3 Å². The molecule has 1 heterocycles. The van der Waals surface area contributed by atoms with Gasteiger partial charge in [0, 0.05) is 32.6 Å². The molecular weight excluding hydrogens is 455 g/mol. The third kappa shape index (κ3) is 4.44. The van der Waals surface area contributed by atoms with Crippen molar-refractivity contribution in [1.29, 1.82) is 5.26 Å². The number of carbonyl (C=O) groups is 1. The van der Waals surface area contributed by atoms with Gasteiger partial charge in [-0.05, 0) is 35.4 Å². The van der Waals surface area contributed by atoms with Gasteiger partial charge in [0.15, 0.2) is 0 Å². The highest BCUT2D eigenvalue weighted by atomic mass is 79.9. The van der Waals surface area contributed by atoms with Crippen LogP contribution in [0.3, 0.4) is 0 Å². The SMILES string of the molecule is N#CC1=C(SCc2ccc(Cl)cc2Cl)NC(=O)C[C@H]1c1cccc(Br)c1. The predicted octanol–water partition coefficient (Wildman–Crippen LogP) is 6.03. The molecule has 1 aliphatic heterocycles. The molecule has 0 unspecified atom stereocenters. The maximum atomic E-state index is 12.2. The third-order valence-corrected chi connectivity index (χ3v) is 6.14. The number of nitrogens with zero attached hydrogens (tertiary/aromatic N) is 1. The van der Waals surface area contributed by atoms with Crippen LogP contribution in [0.2, 0.25) is 10.0 Å². The first-order valence-electron chi connectivity index (χ1n) is 7.74. The van der Waals surface area contributed by atoms with E-state index >= 15 is 0 Å². The lowest BCUT2D eigenvalue weighted by atomic mass is 9.87. The molecular formula is C19H13BrCl2N2OS. The van der Waals surface area contributed by atoms with E-state index in [0.29, 0.717) is 26.4 Å². The van der Waals surface area contributed by atoms with E-state index in [1.807, 2.05) is 30.3 Å². The topological polar surface area (TPSA) is 52.9 Å². The summed E-state index contributed by atoms with van der Waals surface area (Å²) in [5.74, 6) is 0.176. The second-order valence-electron chi connectivity index (χ2n) is 5.74. The van der Waals surface area contributed by atoms with Crippen molar-refractivity contribution in [3.8, 4) is 6.07 Å². The summed E-state index contributed by atoms with van der Waals surface area (Å²) >= 11 is 17.0. The van der Waals surface area contributed by atoms with E-state index in [-0.39, 0.29) is 18.2 Å². The molecule has 0 radical (unpaired) electrons. The zero-order chi connectivity index (χ0) is 18.7. The molecule has 2 aromatic rings. The fourth-order valence-electron chi connectivity index (χ4n) is 2.73. The summed E-state index contributed by atoms with van der Waals surface area (Å²) in [4.78, 5) is 12.2. The highest BCUT2D eigenvalue weighted by molar-refractivity contribution is 9.10. The van der Waals surface area contributed by atoms with Crippen LogP contribution in [-0.2, 0) is 10.5 Å². The minimum Gasteiger partial charge on any atom is -0.320 e. The minimum absolute atomic E-state index is 0.0984. The van der Waals surface area contributed by atoms with Crippen molar-refractivity contribution in [1.82, 2.24) is 5.32 Å². The van der Waals surface area contributed by atoms with Crippen molar-refractivity contribution in [2.45, 2.75) is 18.1 Å². The number of nitrogens with one attached hydrogen (secondary N) is 1. The quantitative estimate of drug-likeness (QED) is 0.597. The average molecular weight is 468 g/mol. The first-order valence-corrected chi connectivity index (χ1v) is 10.3. The van der Waals surface area contributed by atoms with E-state index in [2.05, 4.69) is 27.3 Å². The standard InChI is InChI=1S/C19H13BrCl2N2OS/c20-13-3-1-2-11(6-13)15-8-18(25)24-19(16(15)9-23)26-10-12-4-5-14(21)7-17(12)22/h1-7,15H,8,10H2,(H,24,25)/t15-/m0/s1. The molecule has 2 aromatic carbocycles. The van der Waals surface area contributed by atoms with E-state index in [4.69, 9.17) is 23.2 Å². The number of benzene rings is 2. The lowest BCUT2D eigenvalue weighted by Gasteiger charge is -2.25. The van der Waals surface area contributed by atoms with E-state index in [0.717, 1.165) is 15.6 Å². The molecule has 0 aromatic heterocycles. The van der Waals surface area contributed by atoms with Gasteiger partial charge in [0.25, 0.3) is 0 Å². The molecule has 3 rings (SSSR count). The number of thioether (sulfide) groups is 1. The minimum atomic E-state index is -0.255. The van der Waals surface area contributed by atoms with Crippen LogP contribution in [0.4, 0.5) is 0 Å². The summed E-state index contributed by atoms with van der Waals surface area (Å²) in [6.45, 7) is 0. The maximum absolute atomic E-state index is 12.2. The molecule has 132 valence electrons. The number of nitriles is 1. The van der Waals surface area contributed by atoms with Crippen LogP contribution in [0.5, 0.6) is 0 Å². The largest absolute Gasteiger partial charge is 0.320 e. The number of rotatable bonds is 4. The van der Waals surface area contributed by atoms with Crippen LogP contribution in [0, 0.1) is 11.3 Å². The number of carbonyl (C=O) groups excluding carboxylic acids is 1. The normalized spacial score (nSPS) is 17.0. The van der Waals surface area contributed by atoms with Crippen molar-refractivity contribution in [2.24, 2.45) is 0 Å². The van der Waals surface area contributed by atoms with Crippen molar-refractivity contribution < 1.29 is 4.79 Å². The molecule has 0 fully saturated rings. The van der Waals surface area contributed by atoms with Gasteiger partial charge in [-0.25, -0.2) is 0 Å². The van der Waals surface area contributed by atoms with Crippen LogP contribution in [-0.4, -0.2) is 5.91 Å². The third-order valence-electron chi connectivity index (χ3n) is 3.99. The molecule has 0 saturated heterocycles. The highest BCUT2D eigenvalue weighted by Crippen LogP contribution is 2.38. The maximum Gasteiger partial charge on any atom is 0.225 e. The Hall–Kier alpha value is -1.45. The summed E-state index contributed by atoms with van der Waals surface area (Å²) in [5.41, 5.74) is 2.40. The summed E-state index contributed by atoms with van der Waals surface area (Å²) in [5, 5.41) is 14.3. The monoisotopic (exact) mass is 466 g/mol. The molecule has 0 bridgehead atoms. The van der Waals surface area contributed by atoms with Gasteiger partial charge in [-0.2, -0.15) is 5.26 Å². The molecule has 1 atom stereocenters. The van der Waals surface area contributed by atoms with Crippen molar-refractivity contribution >= 4 is 56.8 Å². The Labute approximate surface area is 174 Å². The number of hydrogen-bond acceptors (Lipinski definition) is 3.